The number of nitrogens with zero attached hydrogens (tertiary/aromatic N) is 3. The van der Waals surface area contributed by atoms with E-state index in [0.717, 1.165) is 16.8 Å². The summed E-state index contributed by atoms with van der Waals surface area (Å²) in [6, 6.07) is 7.08. The molecule has 0 atom stereocenters. The van der Waals surface area contributed by atoms with E-state index < -0.39 is 4.92 Å². The van der Waals surface area contributed by atoms with Gasteiger partial charge in [0.05, 0.1) is 10.6 Å². The number of hydrogen-bond donors (Lipinski definition) is 0. The van der Waals surface area contributed by atoms with E-state index in [1.807, 2.05) is 25.4 Å². The van der Waals surface area contributed by atoms with E-state index in [4.69, 9.17) is 0 Å². The van der Waals surface area contributed by atoms with Crippen molar-refractivity contribution < 1.29 is 4.92 Å². The Morgan fingerprint density at radius 1 is 1.35 bits per heavy atom. The Hall–Kier alpha value is -2.43. The first-order chi connectivity index (χ1) is 9.47. The molecule has 0 aliphatic rings. The molecular formula is C15H17N3O2. The molecule has 20 heavy (non-hydrogen) atoms. The van der Waals surface area contributed by atoms with Crippen LogP contribution >= 0.6 is 0 Å². The fourth-order valence-electron chi connectivity index (χ4n) is 1.87. The summed E-state index contributed by atoms with van der Waals surface area (Å²) in [4.78, 5) is 14.7. The van der Waals surface area contributed by atoms with Crippen LogP contribution in [0.3, 0.4) is 0 Å². The molecule has 0 N–H and O–H groups in total. The van der Waals surface area contributed by atoms with Gasteiger partial charge in [0.25, 0.3) is 5.69 Å². The fourth-order valence-corrected chi connectivity index (χ4v) is 1.87. The van der Waals surface area contributed by atoms with E-state index in [9.17, 15) is 10.1 Å². The maximum Gasteiger partial charge on any atom is 0.269 e. The van der Waals surface area contributed by atoms with Crippen LogP contribution in [0.1, 0.15) is 31.0 Å². The lowest BCUT2D eigenvalue weighted by atomic mass is 10.2. The van der Waals surface area contributed by atoms with Gasteiger partial charge >= 0.3 is 0 Å². The van der Waals surface area contributed by atoms with Gasteiger partial charge in [-0.25, -0.2) is 0 Å². The van der Waals surface area contributed by atoms with Crippen LogP contribution in [0.5, 0.6) is 0 Å². The summed E-state index contributed by atoms with van der Waals surface area (Å²) >= 11 is 0. The molecule has 0 saturated heterocycles. The van der Waals surface area contributed by atoms with E-state index >= 15 is 0 Å². The Labute approximate surface area is 117 Å². The predicted molar refractivity (Wildman–Crippen MR) is 79.9 cm³/mol. The second kappa shape index (κ2) is 5.69. The highest BCUT2D eigenvalue weighted by Crippen LogP contribution is 2.23. The van der Waals surface area contributed by atoms with Crippen LogP contribution in [0.2, 0.25) is 0 Å². The van der Waals surface area contributed by atoms with E-state index in [1.54, 1.807) is 12.3 Å². The molecule has 2 aromatic rings. The predicted octanol–water partition coefficient (Wildman–Crippen LogP) is 4.04. The lowest BCUT2D eigenvalue weighted by molar-refractivity contribution is -0.384. The summed E-state index contributed by atoms with van der Waals surface area (Å²) in [7, 11) is 0. The number of non-ortho nitro benzene ring substituents is 1. The number of aliphatic imine (C=N–C) groups is 1. The minimum atomic E-state index is -0.400. The molecule has 0 unspecified atom stereocenters. The minimum Gasteiger partial charge on any atom is -0.351 e. The number of aromatic nitrogens is 1. The minimum absolute atomic E-state index is 0.0902. The second-order valence-corrected chi connectivity index (χ2v) is 4.97. The van der Waals surface area contributed by atoms with Crippen molar-refractivity contribution >= 4 is 17.6 Å². The van der Waals surface area contributed by atoms with Crippen LogP contribution in [0.4, 0.5) is 11.4 Å². The summed E-state index contributed by atoms with van der Waals surface area (Å²) in [6.07, 6.45) is 5.80. The Morgan fingerprint density at radius 2 is 2.10 bits per heavy atom. The summed E-state index contributed by atoms with van der Waals surface area (Å²) < 4.78 is 2.10. The van der Waals surface area contributed by atoms with Gasteiger partial charge in [-0.3, -0.25) is 15.1 Å². The van der Waals surface area contributed by atoms with Gasteiger partial charge in [0.2, 0.25) is 0 Å². The molecule has 2 rings (SSSR count). The third-order valence-electron chi connectivity index (χ3n) is 3.08. The van der Waals surface area contributed by atoms with Gasteiger partial charge in [0.15, 0.2) is 0 Å². The van der Waals surface area contributed by atoms with Crippen LogP contribution in [-0.4, -0.2) is 15.7 Å². The first-order valence-corrected chi connectivity index (χ1v) is 6.44. The van der Waals surface area contributed by atoms with Gasteiger partial charge in [0.1, 0.15) is 0 Å². The Kier molecular flexibility index (Phi) is 3.98. The second-order valence-electron chi connectivity index (χ2n) is 4.97. The van der Waals surface area contributed by atoms with Crippen LogP contribution in [0.15, 0.2) is 41.7 Å². The summed E-state index contributed by atoms with van der Waals surface area (Å²) in [6.45, 7) is 6.04. The average molecular weight is 271 g/mol. The SMILES string of the molecule is Cc1cc([N+](=O)[O-])ccc1N=Cc1ccn(C(C)C)c1. The molecule has 0 fully saturated rings. The number of rotatable bonds is 4. The number of aryl methyl sites for hydroxylation is 1. The first-order valence-electron chi connectivity index (χ1n) is 6.44. The van der Waals surface area contributed by atoms with Crippen molar-refractivity contribution in [1.29, 1.82) is 0 Å². The van der Waals surface area contributed by atoms with E-state index in [-0.39, 0.29) is 5.69 Å². The van der Waals surface area contributed by atoms with Crippen molar-refractivity contribution in [1.82, 2.24) is 4.57 Å². The Morgan fingerprint density at radius 3 is 2.65 bits per heavy atom. The van der Waals surface area contributed by atoms with Crippen molar-refractivity contribution in [3.05, 3.63) is 57.9 Å². The van der Waals surface area contributed by atoms with E-state index in [1.165, 1.54) is 12.1 Å². The molecule has 5 heteroatoms. The van der Waals surface area contributed by atoms with Gasteiger partial charge in [0, 0.05) is 42.3 Å². The van der Waals surface area contributed by atoms with Crippen LogP contribution in [-0.2, 0) is 0 Å². The lowest BCUT2D eigenvalue weighted by Crippen LogP contribution is -1.95. The molecular weight excluding hydrogens is 254 g/mol. The van der Waals surface area contributed by atoms with Crippen molar-refractivity contribution in [2.24, 2.45) is 4.99 Å². The zero-order chi connectivity index (χ0) is 14.7. The van der Waals surface area contributed by atoms with Gasteiger partial charge in [-0.2, -0.15) is 0 Å². The lowest BCUT2D eigenvalue weighted by Gasteiger charge is -2.04. The topological polar surface area (TPSA) is 60.4 Å². The Balaban J connectivity index is 2.20. The molecule has 0 radical (unpaired) electrons. The normalized spacial score (nSPS) is 11.4. The monoisotopic (exact) mass is 271 g/mol. The number of nitro groups is 1. The maximum absolute atomic E-state index is 10.7. The molecule has 0 amide bonds. The fraction of sp³-hybridized carbons (Fsp3) is 0.267. The molecule has 1 aromatic carbocycles. The highest BCUT2D eigenvalue weighted by atomic mass is 16.6. The standard InChI is InChI=1S/C15H17N3O2/c1-11(2)17-7-6-13(10-17)9-16-15-5-4-14(18(19)20)8-12(15)3/h4-11H,1-3H3. The summed E-state index contributed by atoms with van der Waals surface area (Å²) in [5.41, 5.74) is 2.63. The Bertz CT molecular complexity index is 657. The quantitative estimate of drug-likeness (QED) is 0.478. The average Bonchev–Trinajstić information content (AvgIpc) is 2.86. The largest absolute Gasteiger partial charge is 0.351 e. The van der Waals surface area contributed by atoms with Gasteiger partial charge in [-0.15, -0.1) is 0 Å². The molecule has 0 aliphatic carbocycles. The van der Waals surface area contributed by atoms with Crippen LogP contribution in [0.25, 0.3) is 0 Å². The molecule has 0 saturated carbocycles. The third kappa shape index (κ3) is 3.12. The molecule has 0 aliphatic heterocycles. The highest BCUT2D eigenvalue weighted by molar-refractivity contribution is 5.82. The number of benzene rings is 1. The summed E-state index contributed by atoms with van der Waals surface area (Å²) in [5.74, 6) is 0. The van der Waals surface area contributed by atoms with Crippen molar-refractivity contribution in [3.63, 3.8) is 0 Å². The van der Waals surface area contributed by atoms with Gasteiger partial charge in [-0.05, 0) is 38.5 Å². The van der Waals surface area contributed by atoms with E-state index in [0.29, 0.717) is 6.04 Å². The molecule has 1 heterocycles. The summed E-state index contributed by atoms with van der Waals surface area (Å²) in [5, 5.41) is 10.7. The molecule has 104 valence electrons. The zero-order valence-corrected chi connectivity index (χ0v) is 11.8. The van der Waals surface area contributed by atoms with Gasteiger partial charge in [-0.1, -0.05) is 0 Å². The van der Waals surface area contributed by atoms with Crippen molar-refractivity contribution in [2.45, 2.75) is 26.8 Å². The maximum atomic E-state index is 10.7. The van der Waals surface area contributed by atoms with Gasteiger partial charge < -0.3 is 4.57 Å². The van der Waals surface area contributed by atoms with E-state index in [2.05, 4.69) is 23.4 Å². The molecule has 0 bridgehead atoms. The van der Waals surface area contributed by atoms with Crippen molar-refractivity contribution in [3.8, 4) is 0 Å². The van der Waals surface area contributed by atoms with Crippen LogP contribution in [0, 0.1) is 17.0 Å². The number of hydrogen-bond acceptors (Lipinski definition) is 3. The highest BCUT2D eigenvalue weighted by Gasteiger charge is 2.07. The zero-order valence-electron chi connectivity index (χ0n) is 11.8. The first kappa shape index (κ1) is 14.0. The third-order valence-corrected chi connectivity index (χ3v) is 3.08. The molecule has 1 aromatic heterocycles. The number of nitro benzene ring substituents is 1. The molecule has 5 nitrogen and oxygen atoms in total. The molecule has 0 spiro atoms. The van der Waals surface area contributed by atoms with Crippen molar-refractivity contribution in [2.75, 3.05) is 0 Å². The smallest absolute Gasteiger partial charge is 0.269 e. The van der Waals surface area contributed by atoms with Crippen LogP contribution < -0.4 is 0 Å².